The van der Waals surface area contributed by atoms with E-state index in [1.165, 1.54) is 32.1 Å². The maximum atomic E-state index is 12.0. The second-order valence-electron chi connectivity index (χ2n) is 11.6. The lowest BCUT2D eigenvalue weighted by Gasteiger charge is -2.30. The molecular formula is C32H54O4. The molecule has 206 valence electrons. The number of hydrogen-bond acceptors (Lipinski definition) is 4. The molecule has 0 spiro atoms. The molecule has 0 saturated carbocycles. The molecule has 1 N–H and O–H groups in total. The lowest BCUT2D eigenvalue weighted by Crippen LogP contribution is -2.21. The Morgan fingerprint density at radius 2 is 1.42 bits per heavy atom. The number of aromatic hydroxyl groups is 1. The summed E-state index contributed by atoms with van der Waals surface area (Å²) in [5, 5.41) is 10.9. The fraction of sp³-hybridized carbons (Fsp3) is 0.719. The lowest BCUT2D eigenvalue weighted by molar-refractivity contribution is -0.143. The molecule has 0 amide bonds. The predicted molar refractivity (Wildman–Crippen MR) is 152 cm³/mol. The summed E-state index contributed by atoms with van der Waals surface area (Å²) in [6, 6.07) is 6.10. The highest BCUT2D eigenvalue weighted by atomic mass is 16.5. The number of esters is 1. The zero-order valence-corrected chi connectivity index (χ0v) is 24.2. The topological polar surface area (TPSA) is 55.8 Å². The molecule has 0 unspecified atom stereocenters. The number of benzene rings is 1. The van der Waals surface area contributed by atoms with Crippen LogP contribution in [-0.2, 0) is 25.1 Å². The minimum absolute atomic E-state index is 0.102. The van der Waals surface area contributed by atoms with Crippen molar-refractivity contribution in [2.24, 2.45) is 0 Å². The van der Waals surface area contributed by atoms with Crippen LogP contribution >= 0.6 is 0 Å². The van der Waals surface area contributed by atoms with Crippen molar-refractivity contribution in [1.29, 1.82) is 0 Å². The zero-order valence-electron chi connectivity index (χ0n) is 24.2. The molecule has 36 heavy (non-hydrogen) atoms. The van der Waals surface area contributed by atoms with Gasteiger partial charge >= 0.3 is 5.97 Å². The van der Waals surface area contributed by atoms with Crippen LogP contribution in [0.1, 0.15) is 136 Å². The largest absolute Gasteiger partial charge is 0.508 e. The molecule has 1 aromatic rings. The third kappa shape index (κ3) is 12.3. The quantitative estimate of drug-likeness (QED) is 0.110. The Labute approximate surface area is 221 Å². The Balaban J connectivity index is 2.55. The minimum Gasteiger partial charge on any atom is -0.508 e. The van der Waals surface area contributed by atoms with E-state index in [4.69, 9.17) is 9.47 Å². The molecule has 0 aliphatic heterocycles. The molecule has 0 aliphatic rings. The van der Waals surface area contributed by atoms with Crippen LogP contribution in [0.5, 0.6) is 5.75 Å². The fourth-order valence-electron chi connectivity index (χ4n) is 4.54. The number of carbonyl (C=O) groups excluding carboxylic acids is 1. The summed E-state index contributed by atoms with van der Waals surface area (Å²) < 4.78 is 11.2. The molecule has 0 fully saturated rings. The molecule has 0 atom stereocenters. The molecule has 4 heteroatoms. The summed E-state index contributed by atoms with van der Waals surface area (Å²) >= 11 is 0. The Hall–Kier alpha value is -1.97. The summed E-state index contributed by atoms with van der Waals surface area (Å²) in [6.07, 6.45) is 12.9. The van der Waals surface area contributed by atoms with Crippen molar-refractivity contribution in [1.82, 2.24) is 0 Å². The number of unbranched alkanes of at least 4 members (excludes halogenated alkanes) is 6. The molecule has 0 heterocycles. The van der Waals surface area contributed by atoms with Gasteiger partial charge in [0.05, 0.1) is 19.0 Å². The first kappa shape index (κ1) is 32.1. The van der Waals surface area contributed by atoms with E-state index < -0.39 is 0 Å². The molecule has 0 aromatic heterocycles. The molecule has 0 saturated heterocycles. The van der Waals surface area contributed by atoms with E-state index in [0.717, 1.165) is 68.4 Å². The van der Waals surface area contributed by atoms with Gasteiger partial charge in [-0.3, -0.25) is 4.79 Å². The van der Waals surface area contributed by atoms with Crippen LogP contribution in [0, 0.1) is 0 Å². The van der Waals surface area contributed by atoms with E-state index in [1.54, 1.807) is 0 Å². The van der Waals surface area contributed by atoms with Gasteiger partial charge < -0.3 is 14.6 Å². The highest BCUT2D eigenvalue weighted by Crippen LogP contribution is 2.39. The summed E-state index contributed by atoms with van der Waals surface area (Å²) in [5.41, 5.74) is 1.71. The van der Waals surface area contributed by atoms with E-state index >= 15 is 0 Å². The van der Waals surface area contributed by atoms with E-state index in [1.807, 2.05) is 6.07 Å². The minimum atomic E-state index is -0.228. The van der Waals surface area contributed by atoms with Crippen molar-refractivity contribution in [2.75, 3.05) is 13.2 Å². The number of carbonyl (C=O) groups is 1. The first-order valence-electron chi connectivity index (χ1n) is 14.3. The Bertz CT molecular complexity index is 778. The molecule has 0 bridgehead atoms. The van der Waals surface area contributed by atoms with Gasteiger partial charge in [0, 0.05) is 12.8 Å². The predicted octanol–water partition coefficient (Wildman–Crippen LogP) is 9.13. The van der Waals surface area contributed by atoms with Crippen LogP contribution in [0.2, 0.25) is 0 Å². The number of phenolic OH excluding ortho intramolecular Hbond substituents is 1. The second kappa shape index (κ2) is 16.7. The van der Waals surface area contributed by atoms with Gasteiger partial charge in [-0.15, -0.1) is 0 Å². The third-order valence-corrected chi connectivity index (χ3v) is 7.28. The van der Waals surface area contributed by atoms with Gasteiger partial charge in [0.2, 0.25) is 0 Å². The van der Waals surface area contributed by atoms with Crippen LogP contribution in [0.25, 0.3) is 0 Å². The summed E-state index contributed by atoms with van der Waals surface area (Å²) in [5.74, 6) is 1.06. The highest BCUT2D eigenvalue weighted by Gasteiger charge is 2.27. The van der Waals surface area contributed by atoms with E-state index in [9.17, 15) is 9.90 Å². The fourth-order valence-corrected chi connectivity index (χ4v) is 4.54. The number of phenols is 1. The van der Waals surface area contributed by atoms with E-state index in [-0.39, 0.29) is 16.8 Å². The monoisotopic (exact) mass is 502 g/mol. The first-order chi connectivity index (χ1) is 17.0. The average Bonchev–Trinajstić information content (AvgIpc) is 2.82. The van der Waals surface area contributed by atoms with E-state index in [0.29, 0.717) is 18.8 Å². The molecule has 0 radical (unpaired) electrons. The first-order valence-corrected chi connectivity index (χ1v) is 14.3. The van der Waals surface area contributed by atoms with Gasteiger partial charge in [0.1, 0.15) is 5.75 Å². The summed E-state index contributed by atoms with van der Waals surface area (Å²) in [6.45, 7) is 18.4. The van der Waals surface area contributed by atoms with Crippen LogP contribution in [0.3, 0.4) is 0 Å². The van der Waals surface area contributed by atoms with Crippen molar-refractivity contribution >= 4 is 5.97 Å². The summed E-state index contributed by atoms with van der Waals surface area (Å²) in [4.78, 5) is 12.0. The smallest absolute Gasteiger partial charge is 0.305 e. The molecule has 4 nitrogen and oxygen atoms in total. The maximum absolute atomic E-state index is 12.0. The van der Waals surface area contributed by atoms with Crippen LogP contribution in [0.15, 0.2) is 30.5 Å². The standard InChI is InChI=1S/C32H54O4/c1-8-10-12-14-23-35-26(3)20-22-31(4,5)27-18-19-28(29(33)25-27)32(6,7)21-16-17-30(34)36-24-15-13-11-9-2/h18-19,25,33H,3,8-17,20-24H2,1-2,4-7H3. The van der Waals surface area contributed by atoms with Gasteiger partial charge in [-0.25, -0.2) is 0 Å². The molecular weight excluding hydrogens is 448 g/mol. The zero-order chi connectivity index (χ0) is 27.0. The summed E-state index contributed by atoms with van der Waals surface area (Å²) in [7, 11) is 0. The number of rotatable bonds is 20. The highest BCUT2D eigenvalue weighted by molar-refractivity contribution is 5.69. The number of hydrogen-bond donors (Lipinski definition) is 1. The van der Waals surface area contributed by atoms with Gasteiger partial charge in [0.25, 0.3) is 0 Å². The SMILES string of the molecule is C=C(CCC(C)(C)c1ccc(C(C)(C)CCCC(=O)OCCCCCC)c(O)c1)OCCCCCC. The number of allylic oxidation sites excluding steroid dienone is 1. The Morgan fingerprint density at radius 1 is 0.806 bits per heavy atom. The van der Waals surface area contributed by atoms with Crippen molar-refractivity contribution in [2.45, 2.75) is 136 Å². The number of ether oxygens (including phenoxy) is 2. The van der Waals surface area contributed by atoms with Crippen LogP contribution in [-0.4, -0.2) is 24.3 Å². The van der Waals surface area contributed by atoms with Gasteiger partial charge in [0.15, 0.2) is 0 Å². The van der Waals surface area contributed by atoms with Crippen molar-refractivity contribution in [3.05, 3.63) is 41.7 Å². The Morgan fingerprint density at radius 3 is 2.00 bits per heavy atom. The van der Waals surface area contributed by atoms with E-state index in [2.05, 4.69) is 60.3 Å². The molecule has 1 aromatic carbocycles. The van der Waals surface area contributed by atoms with Gasteiger partial charge in [-0.1, -0.05) is 98.8 Å². The van der Waals surface area contributed by atoms with Crippen molar-refractivity contribution < 1.29 is 19.4 Å². The Kier molecular flexibility index (Phi) is 14.9. The third-order valence-electron chi connectivity index (χ3n) is 7.28. The molecule has 0 aliphatic carbocycles. The van der Waals surface area contributed by atoms with Crippen LogP contribution < -0.4 is 0 Å². The van der Waals surface area contributed by atoms with Crippen molar-refractivity contribution in [3.8, 4) is 5.75 Å². The maximum Gasteiger partial charge on any atom is 0.305 e. The second-order valence-corrected chi connectivity index (χ2v) is 11.6. The normalized spacial score (nSPS) is 11.9. The lowest BCUT2D eigenvalue weighted by atomic mass is 9.76. The van der Waals surface area contributed by atoms with Gasteiger partial charge in [-0.05, 0) is 60.1 Å². The van der Waals surface area contributed by atoms with Gasteiger partial charge in [-0.2, -0.15) is 0 Å². The van der Waals surface area contributed by atoms with Crippen LogP contribution in [0.4, 0.5) is 0 Å². The molecule has 1 rings (SSSR count). The average molecular weight is 503 g/mol. The van der Waals surface area contributed by atoms with Crippen molar-refractivity contribution in [3.63, 3.8) is 0 Å².